The van der Waals surface area contributed by atoms with Gasteiger partial charge < -0.3 is 5.11 Å². The summed E-state index contributed by atoms with van der Waals surface area (Å²) < 4.78 is 0. The summed E-state index contributed by atoms with van der Waals surface area (Å²) in [4.78, 5) is 1.60. The van der Waals surface area contributed by atoms with E-state index in [0.29, 0.717) is 0 Å². The Morgan fingerprint density at radius 1 is 1.88 bits per heavy atom. The van der Waals surface area contributed by atoms with E-state index in [-0.39, 0.29) is 5.17 Å². The lowest BCUT2D eigenvalue weighted by molar-refractivity contribution is 0.460. The molecule has 44 valence electrons. The minimum atomic E-state index is -0.0498. The molecule has 1 aliphatic rings. The van der Waals surface area contributed by atoms with E-state index in [1.165, 1.54) is 0 Å². The van der Waals surface area contributed by atoms with E-state index in [2.05, 4.69) is 12.2 Å². The summed E-state index contributed by atoms with van der Waals surface area (Å²) in [6, 6.07) is 0. The lowest BCUT2D eigenvalue weighted by Gasteiger charge is -2.07. The van der Waals surface area contributed by atoms with Gasteiger partial charge in [-0.25, -0.2) is 0 Å². The second-order valence-electron chi connectivity index (χ2n) is 1.33. The Morgan fingerprint density at radius 3 is 2.88 bits per heavy atom. The Morgan fingerprint density at radius 2 is 2.62 bits per heavy atom. The maximum atomic E-state index is 8.64. The highest BCUT2D eigenvalue weighted by Crippen LogP contribution is 2.14. The van der Waals surface area contributed by atoms with Crippen molar-refractivity contribution >= 4 is 29.2 Å². The monoisotopic (exact) mass is 147 g/mol. The first-order chi connectivity index (χ1) is 3.80. The van der Waals surface area contributed by atoms with Gasteiger partial charge in [-0.15, -0.1) is 11.8 Å². The molecule has 1 aliphatic heterocycles. The fourth-order valence-electron chi connectivity index (χ4n) is 0.402. The molecule has 8 heavy (non-hydrogen) atoms. The van der Waals surface area contributed by atoms with Gasteiger partial charge in [-0.05, 0) is 17.6 Å². The van der Waals surface area contributed by atoms with Gasteiger partial charge >= 0.3 is 0 Å². The number of aliphatic hydroxyl groups is 1. The van der Waals surface area contributed by atoms with Crippen molar-refractivity contribution in [2.75, 3.05) is 5.88 Å². The summed E-state index contributed by atoms with van der Waals surface area (Å²) in [6.07, 6.45) is 1.76. The van der Waals surface area contributed by atoms with Crippen LogP contribution in [0.15, 0.2) is 11.6 Å². The maximum absolute atomic E-state index is 8.64. The van der Waals surface area contributed by atoms with E-state index < -0.39 is 0 Å². The molecule has 0 amide bonds. The zero-order valence-corrected chi connectivity index (χ0v) is 5.71. The minimum Gasteiger partial charge on any atom is -0.486 e. The van der Waals surface area contributed by atoms with Crippen molar-refractivity contribution in [3.8, 4) is 0 Å². The SMILES string of the molecule is OC(=S)N1C=CSC1. The lowest BCUT2D eigenvalue weighted by Crippen LogP contribution is -2.19. The summed E-state index contributed by atoms with van der Waals surface area (Å²) >= 11 is 6.08. The molecular formula is C4H5NOS2. The minimum absolute atomic E-state index is 0.0498. The molecule has 1 heterocycles. The topological polar surface area (TPSA) is 23.5 Å². The number of aliphatic hydroxyl groups excluding tert-OH is 1. The van der Waals surface area contributed by atoms with Crippen molar-refractivity contribution in [1.29, 1.82) is 0 Å². The predicted molar refractivity (Wildman–Crippen MR) is 38.7 cm³/mol. The summed E-state index contributed by atoms with van der Waals surface area (Å²) in [6.45, 7) is 0. The highest BCUT2D eigenvalue weighted by molar-refractivity contribution is 8.02. The molecule has 0 spiro atoms. The van der Waals surface area contributed by atoms with Crippen LogP contribution in [0.4, 0.5) is 0 Å². The summed E-state index contributed by atoms with van der Waals surface area (Å²) in [5.74, 6) is 0.745. The van der Waals surface area contributed by atoms with E-state index >= 15 is 0 Å². The Bertz CT molecular complexity index is 134. The smallest absolute Gasteiger partial charge is 0.261 e. The van der Waals surface area contributed by atoms with Gasteiger partial charge in [0.2, 0.25) is 0 Å². The van der Waals surface area contributed by atoms with Gasteiger partial charge in [0.05, 0.1) is 5.88 Å². The third-order valence-electron chi connectivity index (χ3n) is 0.796. The molecule has 1 rings (SSSR count). The van der Waals surface area contributed by atoms with Gasteiger partial charge in [-0.3, -0.25) is 4.90 Å². The first-order valence-corrected chi connectivity index (χ1v) is 3.54. The van der Waals surface area contributed by atoms with E-state index in [0.717, 1.165) is 5.88 Å². The molecule has 0 aromatic rings. The molecule has 0 aliphatic carbocycles. The zero-order valence-electron chi connectivity index (χ0n) is 4.07. The molecule has 2 nitrogen and oxygen atoms in total. The molecule has 0 fully saturated rings. The molecule has 0 saturated heterocycles. The Hall–Kier alpha value is -0.220. The standard InChI is InChI=1S/C4H5NOS2/c6-4(7)5-1-2-8-3-5/h1-2H,3H2,(H,6,7). The van der Waals surface area contributed by atoms with E-state index in [4.69, 9.17) is 5.11 Å². The summed E-state index contributed by atoms with van der Waals surface area (Å²) in [5, 5.41) is 10.5. The highest BCUT2D eigenvalue weighted by atomic mass is 32.2. The van der Waals surface area contributed by atoms with Crippen LogP contribution in [0.3, 0.4) is 0 Å². The van der Waals surface area contributed by atoms with E-state index in [1.54, 1.807) is 22.9 Å². The number of rotatable bonds is 0. The third-order valence-corrected chi connectivity index (χ3v) is 1.77. The molecule has 0 saturated carbocycles. The van der Waals surface area contributed by atoms with Gasteiger partial charge in [-0.1, -0.05) is 0 Å². The van der Waals surface area contributed by atoms with Gasteiger partial charge in [0, 0.05) is 6.20 Å². The first-order valence-electron chi connectivity index (χ1n) is 2.08. The quantitative estimate of drug-likeness (QED) is 0.522. The van der Waals surface area contributed by atoms with Gasteiger partial charge in [0.1, 0.15) is 0 Å². The lowest BCUT2D eigenvalue weighted by atomic mass is 10.8. The molecule has 4 heteroatoms. The molecule has 0 atom stereocenters. The number of hydrogen-bond acceptors (Lipinski definition) is 2. The normalized spacial score (nSPS) is 17.2. The summed E-state index contributed by atoms with van der Waals surface area (Å²) in [7, 11) is 0. The van der Waals surface area contributed by atoms with Crippen LogP contribution < -0.4 is 0 Å². The molecule has 0 radical (unpaired) electrons. The maximum Gasteiger partial charge on any atom is 0.261 e. The Balaban J connectivity index is 2.48. The van der Waals surface area contributed by atoms with Crippen LogP contribution >= 0.6 is 24.0 Å². The Labute approximate surface area is 57.2 Å². The van der Waals surface area contributed by atoms with Crippen molar-refractivity contribution < 1.29 is 5.11 Å². The molecule has 1 N–H and O–H groups in total. The van der Waals surface area contributed by atoms with Crippen LogP contribution in [0, 0.1) is 0 Å². The van der Waals surface area contributed by atoms with Crippen LogP contribution in [-0.2, 0) is 0 Å². The largest absolute Gasteiger partial charge is 0.486 e. The fourth-order valence-corrected chi connectivity index (χ4v) is 1.30. The van der Waals surface area contributed by atoms with Crippen molar-refractivity contribution in [3.63, 3.8) is 0 Å². The third kappa shape index (κ3) is 1.14. The molecule has 0 aromatic heterocycles. The van der Waals surface area contributed by atoms with E-state index in [9.17, 15) is 0 Å². The van der Waals surface area contributed by atoms with Crippen LogP contribution in [0.25, 0.3) is 0 Å². The molecular weight excluding hydrogens is 142 g/mol. The van der Waals surface area contributed by atoms with Crippen molar-refractivity contribution in [1.82, 2.24) is 4.90 Å². The highest BCUT2D eigenvalue weighted by Gasteiger charge is 2.06. The van der Waals surface area contributed by atoms with Crippen LogP contribution in [0.1, 0.15) is 0 Å². The fraction of sp³-hybridized carbons (Fsp3) is 0.250. The average Bonchev–Trinajstić information content (AvgIpc) is 2.12. The number of thiocarbonyl (C=S) groups is 1. The number of thioether (sulfide) groups is 1. The van der Waals surface area contributed by atoms with E-state index in [1.807, 2.05) is 5.41 Å². The van der Waals surface area contributed by atoms with Crippen molar-refractivity contribution in [2.45, 2.75) is 0 Å². The summed E-state index contributed by atoms with van der Waals surface area (Å²) in [5.41, 5.74) is 0. The molecule has 0 unspecified atom stereocenters. The molecule has 0 bridgehead atoms. The number of hydrogen-bond donors (Lipinski definition) is 1. The zero-order chi connectivity index (χ0) is 5.98. The second kappa shape index (κ2) is 2.37. The van der Waals surface area contributed by atoms with Gasteiger partial charge in [-0.2, -0.15) is 0 Å². The first kappa shape index (κ1) is 5.91. The predicted octanol–water partition coefficient (Wildman–Crippen LogP) is 1.31. The number of nitrogens with zero attached hydrogens (tertiary/aromatic N) is 1. The van der Waals surface area contributed by atoms with Crippen LogP contribution in [-0.4, -0.2) is 21.1 Å². The second-order valence-corrected chi connectivity index (χ2v) is 2.56. The van der Waals surface area contributed by atoms with Crippen LogP contribution in [0.2, 0.25) is 0 Å². The Kier molecular flexibility index (Phi) is 1.75. The van der Waals surface area contributed by atoms with Crippen LogP contribution in [0.5, 0.6) is 0 Å². The average molecular weight is 147 g/mol. The van der Waals surface area contributed by atoms with Crippen molar-refractivity contribution in [3.05, 3.63) is 11.6 Å². The molecule has 0 aromatic carbocycles. The van der Waals surface area contributed by atoms with Crippen molar-refractivity contribution in [2.24, 2.45) is 0 Å². The van der Waals surface area contributed by atoms with Gasteiger partial charge in [0.15, 0.2) is 0 Å². The van der Waals surface area contributed by atoms with Gasteiger partial charge in [0.25, 0.3) is 5.17 Å².